The Kier molecular flexibility index (Phi) is 2.75. The molecule has 0 saturated heterocycles. The summed E-state index contributed by atoms with van der Waals surface area (Å²) in [5.74, 6) is 0. The lowest BCUT2D eigenvalue weighted by atomic mass is 10.1. The van der Waals surface area contributed by atoms with Crippen LogP contribution in [0.3, 0.4) is 0 Å². The van der Waals surface area contributed by atoms with Crippen molar-refractivity contribution in [2.24, 2.45) is 0 Å². The van der Waals surface area contributed by atoms with Crippen molar-refractivity contribution in [1.82, 2.24) is 4.98 Å². The Morgan fingerprint density at radius 3 is 3.00 bits per heavy atom. The quantitative estimate of drug-likeness (QED) is 0.794. The van der Waals surface area contributed by atoms with Crippen molar-refractivity contribution < 1.29 is 5.11 Å². The highest BCUT2D eigenvalue weighted by molar-refractivity contribution is 5.78. The van der Waals surface area contributed by atoms with Crippen LogP contribution in [0.15, 0.2) is 30.3 Å². The van der Waals surface area contributed by atoms with Gasteiger partial charge in [0.2, 0.25) is 0 Å². The second kappa shape index (κ2) is 4.20. The average Bonchev–Trinajstić information content (AvgIpc) is 2.26. The van der Waals surface area contributed by atoms with Gasteiger partial charge in [-0.2, -0.15) is 0 Å². The molecule has 1 heterocycles. The standard InChI is InChI=1S/C12H12NO/c14-9-3-5-11-8-7-10-4-1-2-6-12(10)13-11/h1-2,4,6-7,14H,3,5,9H2. The number of nitrogens with zero attached hydrogens (tertiary/aromatic N) is 1. The van der Waals surface area contributed by atoms with E-state index in [9.17, 15) is 0 Å². The third kappa shape index (κ3) is 1.91. The van der Waals surface area contributed by atoms with Gasteiger partial charge in [-0.15, -0.1) is 0 Å². The fourth-order valence-electron chi connectivity index (χ4n) is 1.42. The topological polar surface area (TPSA) is 33.1 Å². The summed E-state index contributed by atoms with van der Waals surface area (Å²) in [4.78, 5) is 4.45. The Bertz CT molecular complexity index is 425. The van der Waals surface area contributed by atoms with Gasteiger partial charge in [-0.05, 0) is 25.0 Å². The van der Waals surface area contributed by atoms with Crippen molar-refractivity contribution >= 4 is 10.9 Å². The first-order valence-electron chi connectivity index (χ1n) is 4.77. The molecule has 0 bridgehead atoms. The van der Waals surface area contributed by atoms with Crippen LogP contribution in [-0.2, 0) is 6.42 Å². The minimum atomic E-state index is 0.211. The Morgan fingerprint density at radius 2 is 2.14 bits per heavy atom. The lowest BCUT2D eigenvalue weighted by Gasteiger charge is -2.00. The lowest BCUT2D eigenvalue weighted by molar-refractivity contribution is 0.288. The smallest absolute Gasteiger partial charge is 0.0705 e. The maximum absolute atomic E-state index is 8.70. The molecule has 1 aromatic carbocycles. The van der Waals surface area contributed by atoms with Crippen molar-refractivity contribution in [3.63, 3.8) is 0 Å². The molecule has 0 aliphatic carbocycles. The molecule has 0 atom stereocenters. The van der Waals surface area contributed by atoms with Crippen molar-refractivity contribution in [3.05, 3.63) is 42.1 Å². The first kappa shape index (κ1) is 9.16. The maximum atomic E-state index is 8.70. The third-order valence-electron chi connectivity index (χ3n) is 2.16. The number of aliphatic hydroxyl groups is 1. The summed E-state index contributed by atoms with van der Waals surface area (Å²) in [7, 11) is 0. The first-order chi connectivity index (χ1) is 6.90. The average molecular weight is 186 g/mol. The number of hydrogen-bond donors (Lipinski definition) is 1. The van der Waals surface area contributed by atoms with Gasteiger partial charge < -0.3 is 5.11 Å². The second-order valence-electron chi connectivity index (χ2n) is 3.23. The number of fused-ring (bicyclic) bond motifs is 1. The molecule has 1 radical (unpaired) electrons. The number of hydrogen-bond acceptors (Lipinski definition) is 2. The molecule has 2 heteroatoms. The van der Waals surface area contributed by atoms with Gasteiger partial charge in [-0.1, -0.05) is 18.2 Å². The van der Waals surface area contributed by atoms with Crippen molar-refractivity contribution in [3.8, 4) is 0 Å². The van der Waals surface area contributed by atoms with Crippen LogP contribution in [0.25, 0.3) is 10.9 Å². The van der Waals surface area contributed by atoms with Gasteiger partial charge >= 0.3 is 0 Å². The molecule has 0 saturated carbocycles. The van der Waals surface area contributed by atoms with E-state index in [1.165, 1.54) is 0 Å². The largest absolute Gasteiger partial charge is 0.396 e. The molecule has 0 fully saturated rings. The fourth-order valence-corrected chi connectivity index (χ4v) is 1.42. The molecule has 0 aliphatic heterocycles. The zero-order valence-corrected chi connectivity index (χ0v) is 7.90. The van der Waals surface area contributed by atoms with Gasteiger partial charge in [0.05, 0.1) is 5.52 Å². The summed E-state index contributed by atoms with van der Waals surface area (Å²) in [6.07, 6.45) is 1.54. The van der Waals surface area contributed by atoms with Crippen LogP contribution in [0, 0.1) is 6.07 Å². The van der Waals surface area contributed by atoms with Crippen LogP contribution < -0.4 is 0 Å². The molecule has 14 heavy (non-hydrogen) atoms. The summed E-state index contributed by atoms with van der Waals surface area (Å²) < 4.78 is 0. The van der Waals surface area contributed by atoms with Gasteiger partial charge in [0.1, 0.15) is 0 Å². The lowest BCUT2D eigenvalue weighted by Crippen LogP contribution is -1.93. The minimum absolute atomic E-state index is 0.211. The van der Waals surface area contributed by atoms with Gasteiger partial charge in [0.15, 0.2) is 0 Å². The molecule has 2 aromatic rings. The summed E-state index contributed by atoms with van der Waals surface area (Å²) >= 11 is 0. The van der Waals surface area contributed by atoms with Crippen molar-refractivity contribution in [1.29, 1.82) is 0 Å². The Morgan fingerprint density at radius 1 is 1.29 bits per heavy atom. The number of para-hydroxylation sites is 1. The predicted octanol–water partition coefficient (Wildman–Crippen LogP) is 1.96. The van der Waals surface area contributed by atoms with Gasteiger partial charge in [0, 0.05) is 23.8 Å². The van der Waals surface area contributed by atoms with Gasteiger partial charge in [-0.25, -0.2) is 0 Å². The zero-order valence-electron chi connectivity index (χ0n) is 7.90. The fraction of sp³-hybridized carbons (Fsp3) is 0.250. The van der Waals surface area contributed by atoms with E-state index < -0.39 is 0 Å². The molecule has 0 spiro atoms. The summed E-state index contributed by atoms with van der Waals surface area (Å²) in [6.45, 7) is 0.211. The highest BCUT2D eigenvalue weighted by Crippen LogP contribution is 2.11. The van der Waals surface area contributed by atoms with E-state index in [0.29, 0.717) is 0 Å². The van der Waals surface area contributed by atoms with Gasteiger partial charge in [-0.3, -0.25) is 4.98 Å². The van der Waals surface area contributed by atoms with Crippen LogP contribution in [0.2, 0.25) is 0 Å². The molecule has 0 unspecified atom stereocenters. The van der Waals surface area contributed by atoms with E-state index in [0.717, 1.165) is 29.4 Å². The van der Waals surface area contributed by atoms with Crippen LogP contribution in [0.1, 0.15) is 12.1 Å². The molecule has 1 N–H and O–H groups in total. The number of pyridine rings is 1. The summed E-state index contributed by atoms with van der Waals surface area (Å²) in [5, 5.41) is 9.81. The first-order valence-corrected chi connectivity index (χ1v) is 4.77. The zero-order chi connectivity index (χ0) is 9.80. The van der Waals surface area contributed by atoms with Gasteiger partial charge in [0.25, 0.3) is 0 Å². The Labute approximate surface area is 83.2 Å². The van der Waals surface area contributed by atoms with E-state index in [2.05, 4.69) is 11.1 Å². The molecule has 0 amide bonds. The molecular weight excluding hydrogens is 174 g/mol. The number of aliphatic hydroxyl groups excluding tert-OH is 1. The van der Waals surface area contributed by atoms with Crippen molar-refractivity contribution in [2.45, 2.75) is 12.8 Å². The highest BCUT2D eigenvalue weighted by atomic mass is 16.2. The molecule has 2 rings (SSSR count). The Balaban J connectivity index is 2.32. The SMILES string of the molecule is OCCCc1[c]cc2ccccc2n1. The van der Waals surface area contributed by atoms with Crippen LogP contribution >= 0.6 is 0 Å². The summed E-state index contributed by atoms with van der Waals surface area (Å²) in [5.41, 5.74) is 1.93. The van der Waals surface area contributed by atoms with Crippen molar-refractivity contribution in [2.75, 3.05) is 6.61 Å². The molecule has 1 aromatic heterocycles. The third-order valence-corrected chi connectivity index (χ3v) is 2.16. The van der Waals surface area contributed by atoms with E-state index in [1.807, 2.05) is 30.3 Å². The van der Waals surface area contributed by atoms with E-state index in [-0.39, 0.29) is 6.61 Å². The Hall–Kier alpha value is -1.41. The number of benzene rings is 1. The molecule has 71 valence electrons. The normalized spacial score (nSPS) is 10.6. The van der Waals surface area contributed by atoms with E-state index >= 15 is 0 Å². The monoisotopic (exact) mass is 186 g/mol. The van der Waals surface area contributed by atoms with E-state index in [1.54, 1.807) is 0 Å². The molecular formula is C12H12NO. The molecule has 0 aliphatic rings. The second-order valence-corrected chi connectivity index (χ2v) is 3.23. The minimum Gasteiger partial charge on any atom is -0.396 e. The number of rotatable bonds is 3. The summed E-state index contributed by atoms with van der Waals surface area (Å²) in [6, 6.07) is 13.1. The number of aryl methyl sites for hydroxylation is 1. The van der Waals surface area contributed by atoms with Crippen LogP contribution in [0.5, 0.6) is 0 Å². The molecule has 2 nitrogen and oxygen atoms in total. The predicted molar refractivity (Wildman–Crippen MR) is 56.0 cm³/mol. The number of aromatic nitrogens is 1. The van der Waals surface area contributed by atoms with E-state index in [4.69, 9.17) is 5.11 Å². The maximum Gasteiger partial charge on any atom is 0.0705 e. The highest BCUT2D eigenvalue weighted by Gasteiger charge is 1.97. The van der Waals surface area contributed by atoms with Crippen LogP contribution in [0.4, 0.5) is 0 Å². The van der Waals surface area contributed by atoms with Crippen LogP contribution in [-0.4, -0.2) is 16.7 Å².